The van der Waals surface area contributed by atoms with Crippen LogP contribution in [0.15, 0.2) is 29.3 Å². The molecule has 86 valence electrons. The summed E-state index contributed by atoms with van der Waals surface area (Å²) >= 11 is 5.79. The van der Waals surface area contributed by atoms with Crippen LogP contribution in [-0.2, 0) is 4.74 Å². The van der Waals surface area contributed by atoms with Gasteiger partial charge in [-0.1, -0.05) is 23.7 Å². The SMILES string of the molecule is CC(C)(C)OC(=O)N=Cc1cccc(Cl)c1. The first kappa shape index (κ1) is 12.7. The zero-order valence-electron chi connectivity index (χ0n) is 9.53. The normalized spacial score (nSPS) is 11.8. The third kappa shape index (κ3) is 4.94. The first-order valence-corrected chi connectivity index (χ1v) is 5.27. The predicted molar refractivity (Wildman–Crippen MR) is 65.3 cm³/mol. The molecule has 0 aromatic heterocycles. The van der Waals surface area contributed by atoms with Gasteiger partial charge in [0.1, 0.15) is 5.60 Å². The lowest BCUT2D eigenvalue weighted by molar-refractivity contribution is 0.0605. The van der Waals surface area contributed by atoms with Crippen LogP contribution in [0.2, 0.25) is 5.02 Å². The third-order valence-corrected chi connectivity index (χ3v) is 1.80. The van der Waals surface area contributed by atoms with Gasteiger partial charge in [0, 0.05) is 11.2 Å². The molecule has 0 atom stereocenters. The zero-order chi connectivity index (χ0) is 12.2. The van der Waals surface area contributed by atoms with Gasteiger partial charge in [0.05, 0.1) is 0 Å². The van der Waals surface area contributed by atoms with Crippen molar-refractivity contribution in [1.82, 2.24) is 0 Å². The second kappa shape index (κ2) is 5.12. The number of halogens is 1. The first-order chi connectivity index (χ1) is 7.37. The second-order valence-corrected chi connectivity index (χ2v) is 4.73. The minimum Gasteiger partial charge on any atom is -0.442 e. The van der Waals surface area contributed by atoms with E-state index in [-0.39, 0.29) is 0 Å². The number of hydrogen-bond acceptors (Lipinski definition) is 2. The third-order valence-electron chi connectivity index (χ3n) is 1.56. The molecule has 0 fully saturated rings. The summed E-state index contributed by atoms with van der Waals surface area (Å²) in [4.78, 5) is 14.9. The number of aliphatic imine (C=N–C) groups is 1. The smallest absolute Gasteiger partial charge is 0.434 e. The van der Waals surface area contributed by atoms with Gasteiger partial charge in [-0.25, -0.2) is 4.79 Å². The van der Waals surface area contributed by atoms with E-state index in [9.17, 15) is 4.79 Å². The quantitative estimate of drug-likeness (QED) is 0.701. The average Bonchev–Trinajstić information content (AvgIpc) is 2.12. The van der Waals surface area contributed by atoms with Gasteiger partial charge < -0.3 is 4.74 Å². The fourth-order valence-electron chi connectivity index (χ4n) is 1.00. The lowest BCUT2D eigenvalue weighted by Gasteiger charge is -2.17. The summed E-state index contributed by atoms with van der Waals surface area (Å²) in [6, 6.07) is 7.07. The average molecular weight is 240 g/mol. The summed E-state index contributed by atoms with van der Waals surface area (Å²) in [5.41, 5.74) is 0.237. The Labute approximate surface area is 100 Å². The van der Waals surface area contributed by atoms with Crippen molar-refractivity contribution in [2.75, 3.05) is 0 Å². The lowest BCUT2D eigenvalue weighted by atomic mass is 10.2. The lowest BCUT2D eigenvalue weighted by Crippen LogP contribution is -2.21. The highest BCUT2D eigenvalue weighted by Crippen LogP contribution is 2.10. The Morgan fingerprint density at radius 1 is 1.44 bits per heavy atom. The molecule has 0 saturated carbocycles. The predicted octanol–water partition coefficient (Wildman–Crippen LogP) is 3.69. The largest absolute Gasteiger partial charge is 0.442 e. The van der Waals surface area contributed by atoms with E-state index in [0.29, 0.717) is 5.02 Å². The maximum atomic E-state index is 11.3. The fraction of sp³-hybridized carbons (Fsp3) is 0.333. The molecule has 0 saturated heterocycles. The number of nitrogens with zero attached hydrogens (tertiary/aromatic N) is 1. The summed E-state index contributed by atoms with van der Waals surface area (Å²) in [6.45, 7) is 5.37. The molecule has 1 aromatic carbocycles. The van der Waals surface area contributed by atoms with Crippen LogP contribution >= 0.6 is 11.6 Å². The van der Waals surface area contributed by atoms with Crippen molar-refractivity contribution >= 4 is 23.9 Å². The topological polar surface area (TPSA) is 38.7 Å². The molecule has 0 bridgehead atoms. The van der Waals surface area contributed by atoms with E-state index in [2.05, 4.69) is 4.99 Å². The second-order valence-electron chi connectivity index (χ2n) is 4.29. The van der Waals surface area contributed by atoms with Crippen molar-refractivity contribution in [2.45, 2.75) is 26.4 Å². The Balaban J connectivity index is 2.64. The number of amides is 1. The summed E-state index contributed by atoms with van der Waals surface area (Å²) in [7, 11) is 0. The van der Waals surface area contributed by atoms with Gasteiger partial charge >= 0.3 is 6.09 Å². The summed E-state index contributed by atoms with van der Waals surface area (Å²) < 4.78 is 5.02. The molecular weight excluding hydrogens is 226 g/mol. The van der Waals surface area contributed by atoms with Crippen LogP contribution in [0.1, 0.15) is 26.3 Å². The van der Waals surface area contributed by atoms with Gasteiger partial charge in [0.2, 0.25) is 0 Å². The molecule has 0 unspecified atom stereocenters. The fourth-order valence-corrected chi connectivity index (χ4v) is 1.20. The number of hydrogen-bond donors (Lipinski definition) is 0. The first-order valence-electron chi connectivity index (χ1n) is 4.89. The number of rotatable bonds is 1. The van der Waals surface area contributed by atoms with Gasteiger partial charge in [-0.3, -0.25) is 0 Å². The Morgan fingerprint density at radius 3 is 2.69 bits per heavy atom. The number of ether oxygens (including phenoxy) is 1. The van der Waals surface area contributed by atoms with E-state index in [1.165, 1.54) is 6.21 Å². The summed E-state index contributed by atoms with van der Waals surface area (Å²) in [5.74, 6) is 0. The van der Waals surface area contributed by atoms with Gasteiger partial charge in [-0.15, -0.1) is 0 Å². The molecule has 1 aromatic rings. The molecular formula is C12H14ClNO2. The van der Waals surface area contributed by atoms with Crippen LogP contribution in [0.3, 0.4) is 0 Å². The molecule has 1 amide bonds. The van der Waals surface area contributed by atoms with Crippen molar-refractivity contribution in [3.63, 3.8) is 0 Å². The maximum Gasteiger partial charge on any atom is 0.434 e. The molecule has 0 radical (unpaired) electrons. The number of carbonyl (C=O) groups is 1. The molecule has 0 N–H and O–H groups in total. The van der Waals surface area contributed by atoms with Gasteiger partial charge in [0.15, 0.2) is 0 Å². The minimum absolute atomic E-state index is 0.525. The van der Waals surface area contributed by atoms with E-state index >= 15 is 0 Å². The molecule has 0 aliphatic rings. The van der Waals surface area contributed by atoms with E-state index in [0.717, 1.165) is 5.56 Å². The molecule has 0 aliphatic heterocycles. The molecule has 0 spiro atoms. The van der Waals surface area contributed by atoms with Crippen molar-refractivity contribution in [3.8, 4) is 0 Å². The molecule has 4 heteroatoms. The Bertz CT molecular complexity index is 408. The van der Waals surface area contributed by atoms with Crippen LogP contribution < -0.4 is 0 Å². The molecule has 16 heavy (non-hydrogen) atoms. The maximum absolute atomic E-state index is 11.3. The highest BCUT2D eigenvalue weighted by Gasteiger charge is 2.14. The summed E-state index contributed by atoms with van der Waals surface area (Å²) in [5, 5.41) is 0.605. The van der Waals surface area contributed by atoms with Crippen LogP contribution in [-0.4, -0.2) is 17.9 Å². The van der Waals surface area contributed by atoms with Crippen LogP contribution in [0, 0.1) is 0 Å². The van der Waals surface area contributed by atoms with Gasteiger partial charge in [0.25, 0.3) is 0 Å². The van der Waals surface area contributed by atoms with Crippen molar-refractivity contribution in [3.05, 3.63) is 34.9 Å². The standard InChI is InChI=1S/C12H14ClNO2/c1-12(2,3)16-11(15)14-8-9-5-4-6-10(13)7-9/h4-8H,1-3H3. The molecule has 3 nitrogen and oxygen atoms in total. The van der Waals surface area contributed by atoms with E-state index < -0.39 is 11.7 Å². The van der Waals surface area contributed by atoms with E-state index in [1.807, 2.05) is 0 Å². The van der Waals surface area contributed by atoms with Gasteiger partial charge in [-0.2, -0.15) is 4.99 Å². The number of carbonyl (C=O) groups excluding carboxylic acids is 1. The van der Waals surface area contributed by atoms with Crippen LogP contribution in [0.25, 0.3) is 0 Å². The number of benzene rings is 1. The highest BCUT2D eigenvalue weighted by atomic mass is 35.5. The molecule has 1 rings (SSSR count). The summed E-state index contributed by atoms with van der Waals surface area (Å²) in [6.07, 6.45) is 0.826. The van der Waals surface area contributed by atoms with Crippen molar-refractivity contribution in [2.24, 2.45) is 4.99 Å². The van der Waals surface area contributed by atoms with E-state index in [4.69, 9.17) is 16.3 Å². The Kier molecular flexibility index (Phi) is 4.07. The molecule has 0 aliphatic carbocycles. The highest BCUT2D eigenvalue weighted by molar-refractivity contribution is 6.30. The van der Waals surface area contributed by atoms with E-state index in [1.54, 1.807) is 45.0 Å². The Hall–Kier alpha value is -1.35. The zero-order valence-corrected chi connectivity index (χ0v) is 10.3. The molecule has 0 heterocycles. The van der Waals surface area contributed by atoms with Gasteiger partial charge in [-0.05, 0) is 38.5 Å². The minimum atomic E-state index is -0.604. The Morgan fingerprint density at radius 2 is 2.12 bits per heavy atom. The van der Waals surface area contributed by atoms with Crippen LogP contribution in [0.5, 0.6) is 0 Å². The monoisotopic (exact) mass is 239 g/mol. The van der Waals surface area contributed by atoms with Crippen LogP contribution in [0.4, 0.5) is 4.79 Å². The van der Waals surface area contributed by atoms with Crippen molar-refractivity contribution in [1.29, 1.82) is 0 Å². The van der Waals surface area contributed by atoms with Crippen molar-refractivity contribution < 1.29 is 9.53 Å².